The predicted octanol–water partition coefficient (Wildman–Crippen LogP) is 6.32. The second-order valence-electron chi connectivity index (χ2n) is 8.54. The highest BCUT2D eigenvalue weighted by Crippen LogP contribution is 2.24. The molecule has 0 aliphatic carbocycles. The molecule has 0 atom stereocenters. The lowest BCUT2D eigenvalue weighted by atomic mass is 10.0. The molecule has 10 heteroatoms. The number of hydrogen-bond donors (Lipinski definition) is 0. The SMILES string of the molecule is Cc1cc(OCc2coc(C=Cc3ccc(OC(F)(F)F)cc3)n2)ccc1CCCCc1cnn(C)n1. The molecule has 0 N–H and O–H groups in total. The average molecular weight is 513 g/mol. The molecule has 0 radical (unpaired) electrons. The largest absolute Gasteiger partial charge is 0.573 e. The van der Waals surface area contributed by atoms with Crippen molar-refractivity contribution in [1.29, 1.82) is 0 Å². The molecule has 2 aromatic carbocycles. The zero-order valence-corrected chi connectivity index (χ0v) is 20.5. The van der Waals surface area contributed by atoms with Gasteiger partial charge < -0.3 is 13.9 Å². The van der Waals surface area contributed by atoms with Gasteiger partial charge in [-0.25, -0.2) is 4.98 Å². The van der Waals surface area contributed by atoms with Gasteiger partial charge in [-0.1, -0.05) is 18.2 Å². The fraction of sp³-hybridized carbons (Fsp3) is 0.296. The molecule has 0 saturated carbocycles. The molecule has 0 amide bonds. The van der Waals surface area contributed by atoms with Crippen LogP contribution in [0.5, 0.6) is 11.5 Å². The van der Waals surface area contributed by atoms with Crippen LogP contribution in [0.2, 0.25) is 0 Å². The molecular weight excluding hydrogens is 485 g/mol. The molecule has 37 heavy (non-hydrogen) atoms. The number of benzene rings is 2. The summed E-state index contributed by atoms with van der Waals surface area (Å²) in [5.41, 5.74) is 4.78. The van der Waals surface area contributed by atoms with Crippen molar-refractivity contribution >= 4 is 12.2 Å². The van der Waals surface area contributed by atoms with E-state index < -0.39 is 6.36 Å². The van der Waals surface area contributed by atoms with Crippen molar-refractivity contribution in [3.63, 3.8) is 0 Å². The number of rotatable bonds is 11. The Balaban J connectivity index is 1.23. The van der Waals surface area contributed by atoms with Crippen LogP contribution in [-0.2, 0) is 26.5 Å². The summed E-state index contributed by atoms with van der Waals surface area (Å²) in [7, 11) is 1.82. The third-order valence-corrected chi connectivity index (χ3v) is 5.58. The van der Waals surface area contributed by atoms with Gasteiger partial charge in [-0.05, 0) is 79.6 Å². The molecule has 0 spiro atoms. The topological polar surface area (TPSA) is 75.2 Å². The van der Waals surface area contributed by atoms with E-state index in [1.165, 1.54) is 41.7 Å². The summed E-state index contributed by atoms with van der Waals surface area (Å²) >= 11 is 0. The number of ether oxygens (including phenoxy) is 2. The van der Waals surface area contributed by atoms with Gasteiger partial charge in [0.05, 0.1) is 11.9 Å². The molecule has 2 heterocycles. The number of nitrogens with zero attached hydrogens (tertiary/aromatic N) is 4. The van der Waals surface area contributed by atoms with Crippen LogP contribution in [-0.4, -0.2) is 26.3 Å². The maximum absolute atomic E-state index is 12.3. The van der Waals surface area contributed by atoms with Crippen LogP contribution in [0.25, 0.3) is 12.2 Å². The van der Waals surface area contributed by atoms with Crippen molar-refractivity contribution in [2.45, 2.75) is 45.6 Å². The Hall–Kier alpha value is -4.08. The molecule has 0 aliphatic heterocycles. The van der Waals surface area contributed by atoms with E-state index in [2.05, 4.69) is 32.9 Å². The summed E-state index contributed by atoms with van der Waals surface area (Å²) in [6.07, 6.45) is 5.96. The normalized spacial score (nSPS) is 11.8. The maximum Gasteiger partial charge on any atom is 0.573 e. The molecule has 2 aromatic heterocycles. The maximum atomic E-state index is 12.3. The zero-order chi connectivity index (χ0) is 26.3. The summed E-state index contributed by atoms with van der Waals surface area (Å²) in [4.78, 5) is 5.94. The van der Waals surface area contributed by atoms with E-state index in [1.807, 2.05) is 25.4 Å². The number of alkyl halides is 3. The highest BCUT2D eigenvalue weighted by atomic mass is 19.4. The first-order valence-corrected chi connectivity index (χ1v) is 11.8. The van der Waals surface area contributed by atoms with Gasteiger partial charge in [0.25, 0.3) is 0 Å². The molecule has 0 saturated heterocycles. The Morgan fingerprint density at radius 3 is 2.43 bits per heavy atom. The number of unbranched alkanes of at least 4 members (excludes halogenated alkanes) is 1. The highest BCUT2D eigenvalue weighted by Gasteiger charge is 2.30. The predicted molar refractivity (Wildman–Crippen MR) is 132 cm³/mol. The van der Waals surface area contributed by atoms with E-state index in [4.69, 9.17) is 9.15 Å². The molecule has 194 valence electrons. The Kier molecular flexibility index (Phi) is 8.27. The second-order valence-corrected chi connectivity index (χ2v) is 8.54. The minimum Gasteiger partial charge on any atom is -0.487 e. The van der Waals surface area contributed by atoms with Crippen LogP contribution in [0.1, 0.15) is 46.8 Å². The first-order chi connectivity index (χ1) is 17.7. The van der Waals surface area contributed by atoms with Gasteiger partial charge in [0, 0.05) is 13.1 Å². The van der Waals surface area contributed by atoms with Gasteiger partial charge in [-0.3, -0.25) is 0 Å². The lowest BCUT2D eigenvalue weighted by Crippen LogP contribution is -2.16. The third-order valence-electron chi connectivity index (χ3n) is 5.58. The number of halogens is 3. The van der Waals surface area contributed by atoms with Crippen molar-refractivity contribution in [3.8, 4) is 11.5 Å². The summed E-state index contributed by atoms with van der Waals surface area (Å²) < 4.78 is 51.9. The lowest BCUT2D eigenvalue weighted by Gasteiger charge is -2.09. The number of aryl methyl sites for hydroxylation is 4. The Morgan fingerprint density at radius 2 is 1.73 bits per heavy atom. The van der Waals surface area contributed by atoms with Crippen molar-refractivity contribution in [2.24, 2.45) is 7.05 Å². The highest BCUT2D eigenvalue weighted by molar-refractivity contribution is 5.66. The van der Waals surface area contributed by atoms with Crippen molar-refractivity contribution in [3.05, 3.63) is 88.9 Å². The van der Waals surface area contributed by atoms with Gasteiger partial charge >= 0.3 is 6.36 Å². The van der Waals surface area contributed by atoms with E-state index in [1.54, 1.807) is 16.9 Å². The molecule has 0 bridgehead atoms. The second kappa shape index (κ2) is 11.8. The fourth-order valence-electron chi connectivity index (χ4n) is 3.73. The molecule has 0 unspecified atom stereocenters. The number of aromatic nitrogens is 4. The lowest BCUT2D eigenvalue weighted by molar-refractivity contribution is -0.274. The van der Waals surface area contributed by atoms with E-state index in [0.717, 1.165) is 37.1 Å². The van der Waals surface area contributed by atoms with Crippen LogP contribution in [0.3, 0.4) is 0 Å². The minimum absolute atomic E-state index is 0.248. The number of hydrogen-bond acceptors (Lipinski definition) is 6. The van der Waals surface area contributed by atoms with Crippen LogP contribution in [0, 0.1) is 6.92 Å². The third kappa shape index (κ3) is 8.23. The van der Waals surface area contributed by atoms with Crippen molar-refractivity contribution in [2.75, 3.05) is 0 Å². The van der Waals surface area contributed by atoms with E-state index in [0.29, 0.717) is 17.1 Å². The van der Waals surface area contributed by atoms with Crippen LogP contribution in [0.15, 0.2) is 59.3 Å². The van der Waals surface area contributed by atoms with E-state index >= 15 is 0 Å². The van der Waals surface area contributed by atoms with Gasteiger partial charge in [0.15, 0.2) is 0 Å². The molecule has 0 fully saturated rings. The van der Waals surface area contributed by atoms with Gasteiger partial charge in [0.1, 0.15) is 30.1 Å². The summed E-state index contributed by atoms with van der Waals surface area (Å²) in [5, 5.41) is 8.40. The minimum atomic E-state index is -4.71. The summed E-state index contributed by atoms with van der Waals surface area (Å²) in [6, 6.07) is 11.6. The van der Waals surface area contributed by atoms with Crippen molar-refractivity contribution < 1.29 is 27.1 Å². The molecule has 7 nitrogen and oxygen atoms in total. The van der Waals surface area contributed by atoms with Crippen LogP contribution >= 0.6 is 0 Å². The Bertz CT molecular complexity index is 1330. The molecule has 4 rings (SSSR count). The molecule has 0 aliphatic rings. The summed E-state index contributed by atoms with van der Waals surface area (Å²) in [5.74, 6) is 0.839. The number of oxazole rings is 1. The van der Waals surface area contributed by atoms with Crippen molar-refractivity contribution in [1.82, 2.24) is 20.0 Å². The first-order valence-electron chi connectivity index (χ1n) is 11.8. The Labute approximate surface area is 212 Å². The summed E-state index contributed by atoms with van der Waals surface area (Å²) in [6.45, 7) is 2.32. The molecular formula is C27H27F3N4O3. The molecule has 4 aromatic rings. The van der Waals surface area contributed by atoms with E-state index in [-0.39, 0.29) is 12.4 Å². The Morgan fingerprint density at radius 1 is 0.973 bits per heavy atom. The quantitative estimate of drug-likeness (QED) is 0.219. The zero-order valence-electron chi connectivity index (χ0n) is 20.5. The first kappa shape index (κ1) is 26.0. The van der Waals surface area contributed by atoms with Gasteiger partial charge in [-0.2, -0.15) is 15.0 Å². The van der Waals surface area contributed by atoms with Crippen LogP contribution in [0.4, 0.5) is 13.2 Å². The van der Waals surface area contributed by atoms with Gasteiger partial charge in [-0.15, -0.1) is 13.2 Å². The fourth-order valence-corrected chi connectivity index (χ4v) is 3.73. The monoisotopic (exact) mass is 512 g/mol. The van der Waals surface area contributed by atoms with Crippen LogP contribution < -0.4 is 9.47 Å². The average Bonchev–Trinajstić information content (AvgIpc) is 3.48. The van der Waals surface area contributed by atoms with E-state index in [9.17, 15) is 13.2 Å². The smallest absolute Gasteiger partial charge is 0.487 e. The van der Waals surface area contributed by atoms with Gasteiger partial charge in [0.2, 0.25) is 5.89 Å². The standard InChI is InChI=1S/C27H27F3N4O3/c1-19-15-25(13-10-21(19)5-3-4-6-22-16-31-34(2)33-22)35-17-23-18-36-26(32-23)14-9-20-7-11-24(12-8-20)37-27(28,29)30/h7-16,18H,3-6,17H2,1-2H3.